The summed E-state index contributed by atoms with van der Waals surface area (Å²) >= 11 is 6.05. The summed E-state index contributed by atoms with van der Waals surface area (Å²) in [6.45, 7) is 2.82. The molecule has 2 rings (SSSR count). The summed E-state index contributed by atoms with van der Waals surface area (Å²) in [5.74, 6) is 0.614. The van der Waals surface area contributed by atoms with E-state index in [-0.39, 0.29) is 11.9 Å². The minimum Gasteiger partial charge on any atom is -0.495 e. The second-order valence-electron chi connectivity index (χ2n) is 4.44. The zero-order valence-corrected chi connectivity index (χ0v) is 11.3. The number of ether oxygens (including phenoxy) is 1. The fourth-order valence-corrected chi connectivity index (χ4v) is 2.32. The van der Waals surface area contributed by atoms with Crippen molar-refractivity contribution in [2.75, 3.05) is 19.0 Å². The Bertz CT molecular complexity index is 457. The predicted octanol–water partition coefficient (Wildman–Crippen LogP) is 2.35. The van der Waals surface area contributed by atoms with Crippen molar-refractivity contribution < 1.29 is 9.53 Å². The van der Waals surface area contributed by atoms with Crippen LogP contribution in [0.2, 0.25) is 5.02 Å². The number of aryl methyl sites for hydroxylation is 1. The number of nitrogens with one attached hydrogen (secondary N) is 2. The van der Waals surface area contributed by atoms with Crippen LogP contribution in [0.4, 0.5) is 5.69 Å². The zero-order chi connectivity index (χ0) is 13.1. The van der Waals surface area contributed by atoms with Gasteiger partial charge in [-0.05, 0) is 44.0 Å². The molecule has 0 bridgehead atoms. The molecule has 2 N–H and O–H groups in total. The SMILES string of the molecule is COc1cc(C)c(NC(=O)C2CCCN2)cc1Cl. The predicted molar refractivity (Wildman–Crippen MR) is 72.4 cm³/mol. The lowest BCUT2D eigenvalue weighted by molar-refractivity contribution is -0.117. The van der Waals surface area contributed by atoms with Gasteiger partial charge in [0, 0.05) is 5.69 Å². The Hall–Kier alpha value is -1.26. The van der Waals surface area contributed by atoms with Crippen LogP contribution in [0.3, 0.4) is 0 Å². The molecule has 1 atom stereocenters. The van der Waals surface area contributed by atoms with Crippen molar-refractivity contribution in [2.24, 2.45) is 0 Å². The van der Waals surface area contributed by atoms with Crippen LogP contribution in [0.15, 0.2) is 12.1 Å². The topological polar surface area (TPSA) is 50.4 Å². The molecule has 4 nitrogen and oxygen atoms in total. The minimum absolute atomic E-state index is 0.00293. The second-order valence-corrected chi connectivity index (χ2v) is 4.85. The van der Waals surface area contributed by atoms with Crippen molar-refractivity contribution in [3.8, 4) is 5.75 Å². The molecule has 1 saturated heterocycles. The summed E-state index contributed by atoms with van der Waals surface area (Å²) in [6, 6.07) is 3.45. The number of rotatable bonds is 3. The number of halogens is 1. The summed E-state index contributed by atoms with van der Waals surface area (Å²) < 4.78 is 5.13. The van der Waals surface area contributed by atoms with Gasteiger partial charge in [-0.3, -0.25) is 4.79 Å². The van der Waals surface area contributed by atoms with Crippen molar-refractivity contribution in [1.29, 1.82) is 0 Å². The van der Waals surface area contributed by atoms with E-state index in [0.717, 1.165) is 30.6 Å². The quantitative estimate of drug-likeness (QED) is 0.885. The lowest BCUT2D eigenvalue weighted by Crippen LogP contribution is -2.35. The smallest absolute Gasteiger partial charge is 0.241 e. The van der Waals surface area contributed by atoms with E-state index in [1.54, 1.807) is 13.2 Å². The van der Waals surface area contributed by atoms with Gasteiger partial charge in [-0.1, -0.05) is 11.6 Å². The van der Waals surface area contributed by atoms with Crippen molar-refractivity contribution in [3.63, 3.8) is 0 Å². The first kappa shape index (κ1) is 13.2. The molecule has 1 amide bonds. The van der Waals surface area contributed by atoms with Gasteiger partial charge in [0.05, 0.1) is 18.2 Å². The van der Waals surface area contributed by atoms with Crippen molar-refractivity contribution in [2.45, 2.75) is 25.8 Å². The number of hydrogen-bond donors (Lipinski definition) is 2. The number of methoxy groups -OCH3 is 1. The number of anilines is 1. The molecule has 1 aliphatic rings. The molecule has 0 saturated carbocycles. The Labute approximate surface area is 112 Å². The van der Waals surface area contributed by atoms with Gasteiger partial charge in [0.1, 0.15) is 5.75 Å². The van der Waals surface area contributed by atoms with Gasteiger partial charge in [0.25, 0.3) is 0 Å². The molecule has 1 aromatic carbocycles. The van der Waals surface area contributed by atoms with E-state index in [9.17, 15) is 4.79 Å². The van der Waals surface area contributed by atoms with Crippen LogP contribution in [0, 0.1) is 6.92 Å². The number of carbonyl (C=O) groups is 1. The fourth-order valence-electron chi connectivity index (χ4n) is 2.07. The average Bonchev–Trinajstić information content (AvgIpc) is 2.87. The average molecular weight is 269 g/mol. The molecule has 18 heavy (non-hydrogen) atoms. The van der Waals surface area contributed by atoms with E-state index in [1.807, 2.05) is 13.0 Å². The molecule has 0 aromatic heterocycles. The summed E-state index contributed by atoms with van der Waals surface area (Å²) in [4.78, 5) is 12.0. The van der Waals surface area contributed by atoms with Gasteiger partial charge in [-0.2, -0.15) is 0 Å². The fraction of sp³-hybridized carbons (Fsp3) is 0.462. The molecule has 0 aliphatic carbocycles. The molecule has 5 heteroatoms. The lowest BCUT2D eigenvalue weighted by Gasteiger charge is -2.14. The maximum Gasteiger partial charge on any atom is 0.241 e. The molecule has 1 fully saturated rings. The Kier molecular flexibility index (Phi) is 4.09. The van der Waals surface area contributed by atoms with E-state index < -0.39 is 0 Å². The molecular weight excluding hydrogens is 252 g/mol. The molecular formula is C13H17ClN2O2. The zero-order valence-electron chi connectivity index (χ0n) is 10.5. The summed E-state index contributed by atoms with van der Waals surface area (Å²) in [7, 11) is 1.57. The van der Waals surface area contributed by atoms with Gasteiger partial charge in [-0.25, -0.2) is 0 Å². The highest BCUT2D eigenvalue weighted by molar-refractivity contribution is 6.32. The third-order valence-electron chi connectivity index (χ3n) is 3.13. The highest BCUT2D eigenvalue weighted by atomic mass is 35.5. The lowest BCUT2D eigenvalue weighted by atomic mass is 10.1. The van der Waals surface area contributed by atoms with E-state index in [1.165, 1.54) is 0 Å². The Morgan fingerprint density at radius 1 is 1.56 bits per heavy atom. The third-order valence-corrected chi connectivity index (χ3v) is 3.43. The van der Waals surface area contributed by atoms with Gasteiger partial charge < -0.3 is 15.4 Å². The van der Waals surface area contributed by atoms with Gasteiger partial charge in [-0.15, -0.1) is 0 Å². The van der Waals surface area contributed by atoms with E-state index >= 15 is 0 Å². The molecule has 0 radical (unpaired) electrons. The van der Waals surface area contributed by atoms with Gasteiger partial charge >= 0.3 is 0 Å². The molecule has 1 aromatic rings. The van der Waals surface area contributed by atoms with Gasteiger partial charge in [0.15, 0.2) is 0 Å². The van der Waals surface area contributed by atoms with Crippen LogP contribution in [-0.2, 0) is 4.79 Å². The minimum atomic E-state index is -0.0923. The highest BCUT2D eigenvalue weighted by Crippen LogP contribution is 2.30. The summed E-state index contributed by atoms with van der Waals surface area (Å²) in [5, 5.41) is 6.56. The third kappa shape index (κ3) is 2.76. The van der Waals surface area contributed by atoms with Crippen LogP contribution in [0.25, 0.3) is 0 Å². The van der Waals surface area contributed by atoms with E-state index in [2.05, 4.69) is 10.6 Å². The van der Waals surface area contributed by atoms with Crippen molar-refractivity contribution in [3.05, 3.63) is 22.7 Å². The highest BCUT2D eigenvalue weighted by Gasteiger charge is 2.22. The molecule has 0 spiro atoms. The number of amides is 1. The van der Waals surface area contributed by atoms with E-state index in [0.29, 0.717) is 10.8 Å². The van der Waals surface area contributed by atoms with E-state index in [4.69, 9.17) is 16.3 Å². The Morgan fingerprint density at radius 3 is 2.94 bits per heavy atom. The number of benzene rings is 1. The van der Waals surface area contributed by atoms with Crippen LogP contribution in [-0.4, -0.2) is 25.6 Å². The van der Waals surface area contributed by atoms with Gasteiger partial charge in [0.2, 0.25) is 5.91 Å². The van der Waals surface area contributed by atoms with Crippen LogP contribution >= 0.6 is 11.6 Å². The number of carbonyl (C=O) groups excluding carboxylic acids is 1. The maximum atomic E-state index is 12.0. The maximum absolute atomic E-state index is 12.0. The normalized spacial score (nSPS) is 18.7. The van der Waals surface area contributed by atoms with Crippen molar-refractivity contribution in [1.82, 2.24) is 5.32 Å². The largest absolute Gasteiger partial charge is 0.495 e. The summed E-state index contributed by atoms with van der Waals surface area (Å²) in [6.07, 6.45) is 1.93. The molecule has 98 valence electrons. The van der Waals surface area contributed by atoms with Crippen LogP contribution in [0.5, 0.6) is 5.75 Å². The molecule has 1 heterocycles. The Morgan fingerprint density at radius 2 is 2.33 bits per heavy atom. The van der Waals surface area contributed by atoms with Crippen LogP contribution < -0.4 is 15.4 Å². The second kappa shape index (κ2) is 5.59. The monoisotopic (exact) mass is 268 g/mol. The first-order valence-corrected chi connectivity index (χ1v) is 6.38. The summed E-state index contributed by atoms with van der Waals surface area (Å²) in [5.41, 5.74) is 1.67. The molecule has 1 unspecified atom stereocenters. The van der Waals surface area contributed by atoms with Crippen molar-refractivity contribution >= 4 is 23.2 Å². The van der Waals surface area contributed by atoms with Crippen LogP contribution in [0.1, 0.15) is 18.4 Å². The number of hydrogen-bond acceptors (Lipinski definition) is 3. The first-order valence-electron chi connectivity index (χ1n) is 6.00. The standard InChI is InChI=1S/C13H17ClN2O2/c1-8-6-12(18-2)9(14)7-11(8)16-13(17)10-4-3-5-15-10/h6-7,10,15H,3-5H2,1-2H3,(H,16,17). The first-order chi connectivity index (χ1) is 8.61. The molecule has 1 aliphatic heterocycles. The Balaban J connectivity index is 2.13.